The van der Waals surface area contributed by atoms with Crippen LogP contribution in [0, 0.1) is 0 Å². The number of cyclic esters (lactones) is 1. The van der Waals surface area contributed by atoms with Gasteiger partial charge in [0.05, 0.1) is 6.61 Å². The first kappa shape index (κ1) is 10.7. The Balaban J connectivity index is 2.77. The summed E-state index contributed by atoms with van der Waals surface area (Å²) in [6.45, 7) is 0.634. The van der Waals surface area contributed by atoms with Gasteiger partial charge in [0.15, 0.2) is 6.10 Å². The molecule has 0 bridgehead atoms. The van der Waals surface area contributed by atoms with Crippen molar-refractivity contribution in [3.63, 3.8) is 0 Å². The lowest BCUT2D eigenvalue weighted by Gasteiger charge is -2.24. The lowest BCUT2D eigenvalue weighted by molar-refractivity contribution is -0.163. The summed E-state index contributed by atoms with van der Waals surface area (Å²) in [5.74, 6) is -1.90. The number of carbonyl (C=O) groups excluding carboxylic acids is 2. The van der Waals surface area contributed by atoms with E-state index >= 15 is 0 Å². The monoisotopic (exact) mass is 202 g/mol. The molecule has 2 N–H and O–H groups in total. The molecule has 2 atom stereocenters. The van der Waals surface area contributed by atoms with Crippen LogP contribution in [0.15, 0.2) is 11.8 Å². The number of carbonyl (C=O) groups is 2. The van der Waals surface area contributed by atoms with Gasteiger partial charge in [-0.15, -0.1) is 0 Å². The van der Waals surface area contributed by atoms with E-state index in [0.717, 1.165) is 13.0 Å². The Labute approximate surface area is 79.7 Å². The van der Waals surface area contributed by atoms with Gasteiger partial charge in [-0.1, -0.05) is 0 Å². The molecule has 0 aromatic carbocycles. The predicted molar refractivity (Wildman–Crippen MR) is 42.8 cm³/mol. The van der Waals surface area contributed by atoms with Crippen molar-refractivity contribution < 1.29 is 29.3 Å². The summed E-state index contributed by atoms with van der Waals surface area (Å²) >= 11 is 0. The minimum Gasteiger partial charge on any atom is -0.451 e. The Kier molecular flexibility index (Phi) is 3.21. The normalized spacial score (nSPS) is 26.5. The van der Waals surface area contributed by atoms with Crippen LogP contribution in [0.4, 0.5) is 0 Å². The maximum absolute atomic E-state index is 11.1. The Morgan fingerprint density at radius 3 is 2.86 bits per heavy atom. The molecule has 1 aliphatic heterocycles. The first-order valence-electron chi connectivity index (χ1n) is 3.94. The van der Waals surface area contributed by atoms with Crippen molar-refractivity contribution in [3.8, 4) is 0 Å². The minimum absolute atomic E-state index is 0.352. The Bertz CT molecular complexity index is 282. The Morgan fingerprint density at radius 2 is 2.36 bits per heavy atom. The molecule has 1 aliphatic rings. The van der Waals surface area contributed by atoms with E-state index < -0.39 is 30.8 Å². The summed E-state index contributed by atoms with van der Waals surface area (Å²) in [6.07, 6.45) is -1.12. The fourth-order valence-corrected chi connectivity index (χ4v) is 0.972. The Morgan fingerprint density at radius 1 is 1.71 bits per heavy atom. The van der Waals surface area contributed by atoms with Crippen molar-refractivity contribution in [1.29, 1.82) is 0 Å². The molecule has 0 aromatic rings. The molecule has 0 aliphatic carbocycles. The highest BCUT2D eigenvalue weighted by molar-refractivity contribution is 5.90. The van der Waals surface area contributed by atoms with Crippen LogP contribution >= 0.6 is 0 Å². The largest absolute Gasteiger partial charge is 0.451 e. The number of ether oxygens (including phenoxy) is 2. The quantitative estimate of drug-likeness (QED) is 0.541. The molecule has 6 heteroatoms. The highest BCUT2D eigenvalue weighted by Crippen LogP contribution is 2.15. The molecule has 0 saturated heterocycles. The van der Waals surface area contributed by atoms with E-state index in [1.807, 2.05) is 0 Å². The molecule has 78 valence electrons. The standard InChI is InChI=1S/C8H10O6/c1-4(10)13-6-2-5(11)7(3-9)14-8(6)12/h2,5,7,9,11H,3H2,1H3/t5-,7+/m0/s1. The molecule has 0 spiro atoms. The first-order valence-corrected chi connectivity index (χ1v) is 3.94. The van der Waals surface area contributed by atoms with Crippen LogP contribution in [-0.2, 0) is 19.1 Å². The molecule has 0 unspecified atom stereocenters. The number of aliphatic hydroxyl groups excluding tert-OH is 2. The van der Waals surface area contributed by atoms with E-state index in [0.29, 0.717) is 0 Å². The number of hydrogen-bond acceptors (Lipinski definition) is 6. The molecule has 14 heavy (non-hydrogen) atoms. The molecule has 1 rings (SSSR count). The lowest BCUT2D eigenvalue weighted by atomic mass is 10.1. The molecule has 0 radical (unpaired) electrons. The molecule has 0 saturated carbocycles. The van der Waals surface area contributed by atoms with Crippen molar-refractivity contribution in [2.75, 3.05) is 6.61 Å². The number of hydrogen-bond donors (Lipinski definition) is 2. The van der Waals surface area contributed by atoms with E-state index in [-0.39, 0.29) is 5.76 Å². The zero-order valence-corrected chi connectivity index (χ0v) is 7.47. The summed E-state index contributed by atoms with van der Waals surface area (Å²) in [6, 6.07) is 0. The number of esters is 2. The molecule has 0 fully saturated rings. The SMILES string of the molecule is CC(=O)OC1=C[C@H](O)[C@@H](CO)OC1=O. The maximum atomic E-state index is 11.1. The van der Waals surface area contributed by atoms with Crippen molar-refractivity contribution in [2.45, 2.75) is 19.1 Å². The third-order valence-corrected chi connectivity index (χ3v) is 1.60. The zero-order valence-electron chi connectivity index (χ0n) is 7.47. The predicted octanol–water partition coefficient (Wildman–Crippen LogP) is -1.29. The topological polar surface area (TPSA) is 93.1 Å². The van der Waals surface area contributed by atoms with Gasteiger partial charge in [-0.25, -0.2) is 4.79 Å². The van der Waals surface area contributed by atoms with Gasteiger partial charge in [-0.05, 0) is 6.08 Å². The van der Waals surface area contributed by atoms with Gasteiger partial charge < -0.3 is 19.7 Å². The highest BCUT2D eigenvalue weighted by atomic mass is 16.6. The van der Waals surface area contributed by atoms with Crippen LogP contribution in [0.2, 0.25) is 0 Å². The second kappa shape index (κ2) is 4.21. The third kappa shape index (κ3) is 2.30. The van der Waals surface area contributed by atoms with Crippen molar-refractivity contribution in [1.82, 2.24) is 0 Å². The third-order valence-electron chi connectivity index (χ3n) is 1.60. The summed E-state index contributed by atoms with van der Waals surface area (Å²) in [4.78, 5) is 21.6. The molecule has 1 heterocycles. The molecular weight excluding hydrogens is 192 g/mol. The smallest absolute Gasteiger partial charge is 0.374 e. The van der Waals surface area contributed by atoms with E-state index in [9.17, 15) is 14.7 Å². The fraction of sp³-hybridized carbons (Fsp3) is 0.500. The summed E-state index contributed by atoms with van der Waals surface area (Å²) in [7, 11) is 0. The van der Waals surface area contributed by atoms with Crippen LogP contribution in [0.3, 0.4) is 0 Å². The zero-order chi connectivity index (χ0) is 10.7. The second-order valence-electron chi connectivity index (χ2n) is 2.74. The highest BCUT2D eigenvalue weighted by Gasteiger charge is 2.31. The number of aliphatic hydroxyl groups is 2. The van der Waals surface area contributed by atoms with Crippen molar-refractivity contribution in [3.05, 3.63) is 11.8 Å². The lowest BCUT2D eigenvalue weighted by Crippen LogP contribution is -2.38. The van der Waals surface area contributed by atoms with Crippen molar-refractivity contribution in [2.24, 2.45) is 0 Å². The second-order valence-corrected chi connectivity index (χ2v) is 2.74. The van der Waals surface area contributed by atoms with Gasteiger partial charge in [-0.3, -0.25) is 4.79 Å². The van der Waals surface area contributed by atoms with Crippen LogP contribution in [0.25, 0.3) is 0 Å². The average molecular weight is 202 g/mol. The maximum Gasteiger partial charge on any atom is 0.374 e. The Hall–Kier alpha value is -1.40. The van der Waals surface area contributed by atoms with E-state index in [4.69, 9.17) is 5.11 Å². The van der Waals surface area contributed by atoms with E-state index in [2.05, 4.69) is 9.47 Å². The molecular formula is C8H10O6. The van der Waals surface area contributed by atoms with Crippen LogP contribution in [0.5, 0.6) is 0 Å². The van der Waals surface area contributed by atoms with Crippen LogP contribution < -0.4 is 0 Å². The average Bonchev–Trinajstić information content (AvgIpc) is 2.10. The van der Waals surface area contributed by atoms with Crippen molar-refractivity contribution >= 4 is 11.9 Å². The summed E-state index contributed by atoms with van der Waals surface area (Å²) in [5, 5.41) is 17.9. The first-order chi connectivity index (χ1) is 6.54. The van der Waals surface area contributed by atoms with Gasteiger partial charge in [-0.2, -0.15) is 0 Å². The van der Waals surface area contributed by atoms with E-state index in [1.54, 1.807) is 0 Å². The fourth-order valence-electron chi connectivity index (χ4n) is 0.972. The van der Waals surface area contributed by atoms with Gasteiger partial charge >= 0.3 is 11.9 Å². The van der Waals surface area contributed by atoms with Gasteiger partial charge in [0.25, 0.3) is 0 Å². The molecule has 6 nitrogen and oxygen atoms in total. The number of rotatable bonds is 2. The van der Waals surface area contributed by atoms with Crippen LogP contribution in [0.1, 0.15) is 6.92 Å². The molecule has 0 amide bonds. The molecule has 0 aromatic heterocycles. The van der Waals surface area contributed by atoms with E-state index in [1.165, 1.54) is 0 Å². The minimum atomic E-state index is -1.16. The van der Waals surface area contributed by atoms with Gasteiger partial charge in [0.2, 0.25) is 5.76 Å². The van der Waals surface area contributed by atoms with Gasteiger partial charge in [0, 0.05) is 6.92 Å². The van der Waals surface area contributed by atoms with Crippen LogP contribution in [-0.4, -0.2) is 41.0 Å². The summed E-state index contributed by atoms with van der Waals surface area (Å²) in [5.41, 5.74) is 0. The summed E-state index contributed by atoms with van der Waals surface area (Å²) < 4.78 is 9.05. The van der Waals surface area contributed by atoms with Gasteiger partial charge in [0.1, 0.15) is 6.10 Å².